The summed E-state index contributed by atoms with van der Waals surface area (Å²) in [4.78, 5) is 5.26. The maximum atomic E-state index is 4.06. The van der Waals surface area contributed by atoms with Crippen LogP contribution in [0.2, 0.25) is 0 Å². The highest BCUT2D eigenvalue weighted by molar-refractivity contribution is 7.09. The number of rotatable bonds is 4. The normalized spacial score (nSPS) is 10.6. The van der Waals surface area contributed by atoms with Gasteiger partial charge in [0.2, 0.25) is 0 Å². The molecule has 0 amide bonds. The Morgan fingerprint density at radius 1 is 1.37 bits per heavy atom. The Hall–Kier alpha value is -2.28. The SMILES string of the molecule is Cc1ccc(-n2cnnn2)cc1NCc1cncs1. The molecular formula is C12H12N6S. The van der Waals surface area contributed by atoms with E-state index in [1.54, 1.807) is 22.3 Å². The fraction of sp³-hybridized carbons (Fsp3) is 0.167. The summed E-state index contributed by atoms with van der Waals surface area (Å²) in [6.07, 6.45) is 3.45. The smallest absolute Gasteiger partial charge is 0.143 e. The van der Waals surface area contributed by atoms with Gasteiger partial charge >= 0.3 is 0 Å². The van der Waals surface area contributed by atoms with Crippen LogP contribution in [0.1, 0.15) is 10.4 Å². The van der Waals surface area contributed by atoms with E-state index in [1.165, 1.54) is 10.4 Å². The molecule has 1 N–H and O–H groups in total. The number of hydrogen-bond donors (Lipinski definition) is 1. The summed E-state index contributed by atoms with van der Waals surface area (Å²) >= 11 is 1.64. The van der Waals surface area contributed by atoms with Crippen LogP contribution in [0, 0.1) is 6.92 Å². The van der Waals surface area contributed by atoms with Gasteiger partial charge in [-0.1, -0.05) is 6.07 Å². The van der Waals surface area contributed by atoms with E-state index in [4.69, 9.17) is 0 Å². The van der Waals surface area contributed by atoms with Crippen molar-refractivity contribution in [3.8, 4) is 5.69 Å². The molecule has 2 heterocycles. The van der Waals surface area contributed by atoms with Crippen LogP contribution in [0.25, 0.3) is 5.69 Å². The minimum Gasteiger partial charge on any atom is -0.380 e. The zero-order chi connectivity index (χ0) is 13.1. The lowest BCUT2D eigenvalue weighted by atomic mass is 10.2. The molecule has 2 aromatic heterocycles. The van der Waals surface area contributed by atoms with E-state index in [0.717, 1.165) is 17.9 Å². The lowest BCUT2D eigenvalue weighted by molar-refractivity contribution is 0.789. The number of nitrogens with one attached hydrogen (secondary N) is 1. The molecule has 0 saturated carbocycles. The van der Waals surface area contributed by atoms with Gasteiger partial charge in [-0.25, -0.2) is 4.68 Å². The Bertz CT molecular complexity index is 647. The average Bonchev–Trinajstić information content (AvgIpc) is 3.11. The van der Waals surface area contributed by atoms with Crippen LogP contribution in [-0.4, -0.2) is 25.2 Å². The van der Waals surface area contributed by atoms with Gasteiger partial charge in [0.1, 0.15) is 6.33 Å². The lowest BCUT2D eigenvalue weighted by Gasteiger charge is -2.10. The Morgan fingerprint density at radius 3 is 3.05 bits per heavy atom. The summed E-state index contributed by atoms with van der Waals surface area (Å²) in [5.41, 5.74) is 5.02. The van der Waals surface area contributed by atoms with Crippen molar-refractivity contribution in [1.29, 1.82) is 0 Å². The van der Waals surface area contributed by atoms with Crippen LogP contribution in [0.5, 0.6) is 0 Å². The highest BCUT2D eigenvalue weighted by Crippen LogP contribution is 2.20. The first-order chi connectivity index (χ1) is 9.33. The summed E-state index contributed by atoms with van der Waals surface area (Å²) < 4.78 is 1.64. The topological polar surface area (TPSA) is 68.5 Å². The third kappa shape index (κ3) is 2.60. The number of anilines is 1. The molecule has 6 nitrogen and oxygen atoms in total. The average molecular weight is 272 g/mol. The quantitative estimate of drug-likeness (QED) is 0.787. The number of thiazole rings is 1. The fourth-order valence-corrected chi connectivity index (χ4v) is 2.27. The number of aryl methyl sites for hydroxylation is 1. The van der Waals surface area contributed by atoms with Crippen molar-refractivity contribution in [3.63, 3.8) is 0 Å². The van der Waals surface area contributed by atoms with Crippen molar-refractivity contribution >= 4 is 17.0 Å². The van der Waals surface area contributed by atoms with Crippen molar-refractivity contribution in [2.45, 2.75) is 13.5 Å². The van der Waals surface area contributed by atoms with Gasteiger partial charge in [0.25, 0.3) is 0 Å². The van der Waals surface area contributed by atoms with Gasteiger partial charge in [0.05, 0.1) is 17.7 Å². The molecule has 0 atom stereocenters. The summed E-state index contributed by atoms with van der Waals surface area (Å²) in [5.74, 6) is 0. The van der Waals surface area contributed by atoms with Crippen molar-refractivity contribution in [2.75, 3.05) is 5.32 Å². The number of hydrogen-bond acceptors (Lipinski definition) is 6. The molecule has 0 aliphatic rings. The third-order valence-electron chi connectivity index (χ3n) is 2.77. The van der Waals surface area contributed by atoms with Gasteiger partial charge in [0.15, 0.2) is 0 Å². The van der Waals surface area contributed by atoms with Crippen molar-refractivity contribution in [2.24, 2.45) is 0 Å². The molecule has 0 unspecified atom stereocenters. The van der Waals surface area contributed by atoms with E-state index >= 15 is 0 Å². The van der Waals surface area contributed by atoms with Gasteiger partial charge in [-0.15, -0.1) is 16.4 Å². The summed E-state index contributed by atoms with van der Waals surface area (Å²) in [6.45, 7) is 2.84. The van der Waals surface area contributed by atoms with E-state index in [9.17, 15) is 0 Å². The molecule has 3 rings (SSSR count). The molecule has 0 saturated heterocycles. The van der Waals surface area contributed by atoms with E-state index in [-0.39, 0.29) is 0 Å². The molecule has 3 aromatic rings. The van der Waals surface area contributed by atoms with E-state index < -0.39 is 0 Å². The molecule has 7 heteroatoms. The standard InChI is InChI=1S/C12H12N6S/c1-9-2-3-10(18-7-15-16-17-18)4-12(9)14-6-11-5-13-8-19-11/h2-5,7-8,14H,6H2,1H3. The van der Waals surface area contributed by atoms with Gasteiger partial charge in [-0.2, -0.15) is 0 Å². The Morgan fingerprint density at radius 2 is 2.32 bits per heavy atom. The first kappa shape index (κ1) is 11.8. The summed E-state index contributed by atoms with van der Waals surface area (Å²) in [5, 5.41) is 14.6. The second-order valence-electron chi connectivity index (χ2n) is 4.07. The van der Waals surface area contributed by atoms with E-state index in [2.05, 4.69) is 32.7 Å². The molecule has 0 fully saturated rings. The fourth-order valence-electron chi connectivity index (χ4n) is 1.73. The maximum absolute atomic E-state index is 4.06. The lowest BCUT2D eigenvalue weighted by Crippen LogP contribution is -2.02. The first-order valence-corrected chi connectivity index (χ1v) is 6.66. The van der Waals surface area contributed by atoms with E-state index in [1.807, 2.05) is 29.9 Å². The summed E-state index contributed by atoms with van der Waals surface area (Å²) in [7, 11) is 0. The third-order valence-corrected chi connectivity index (χ3v) is 3.55. The largest absolute Gasteiger partial charge is 0.380 e. The zero-order valence-electron chi connectivity index (χ0n) is 10.3. The molecule has 1 aromatic carbocycles. The molecule has 0 bridgehead atoms. The van der Waals surface area contributed by atoms with Gasteiger partial charge in [-0.05, 0) is 35.0 Å². The van der Waals surface area contributed by atoms with Crippen LogP contribution in [0.4, 0.5) is 5.69 Å². The number of nitrogens with zero attached hydrogens (tertiary/aromatic N) is 5. The van der Waals surface area contributed by atoms with Gasteiger partial charge in [-0.3, -0.25) is 4.98 Å². The van der Waals surface area contributed by atoms with Crippen LogP contribution in [0.15, 0.2) is 36.2 Å². The number of aromatic nitrogens is 5. The van der Waals surface area contributed by atoms with Gasteiger partial charge < -0.3 is 5.32 Å². The predicted octanol–water partition coefficient (Wildman–Crippen LogP) is 2.04. The first-order valence-electron chi connectivity index (χ1n) is 5.78. The van der Waals surface area contributed by atoms with Crippen LogP contribution < -0.4 is 5.32 Å². The second kappa shape index (κ2) is 5.15. The summed E-state index contributed by atoms with van der Waals surface area (Å²) in [6, 6.07) is 6.07. The predicted molar refractivity (Wildman–Crippen MR) is 73.3 cm³/mol. The van der Waals surface area contributed by atoms with Crippen molar-refractivity contribution in [1.82, 2.24) is 25.2 Å². The van der Waals surface area contributed by atoms with Crippen LogP contribution in [0.3, 0.4) is 0 Å². The van der Waals surface area contributed by atoms with Crippen molar-refractivity contribution in [3.05, 3.63) is 46.7 Å². The highest BCUT2D eigenvalue weighted by Gasteiger charge is 2.03. The minimum atomic E-state index is 0.768. The van der Waals surface area contributed by atoms with Crippen LogP contribution >= 0.6 is 11.3 Å². The molecular weight excluding hydrogens is 260 g/mol. The Kier molecular flexibility index (Phi) is 3.20. The number of benzene rings is 1. The monoisotopic (exact) mass is 272 g/mol. The molecule has 0 spiro atoms. The highest BCUT2D eigenvalue weighted by atomic mass is 32.1. The Labute approximate surface area is 114 Å². The van der Waals surface area contributed by atoms with Gasteiger partial charge in [0, 0.05) is 16.8 Å². The van der Waals surface area contributed by atoms with E-state index in [0.29, 0.717) is 0 Å². The number of tetrazole rings is 1. The molecule has 0 aliphatic carbocycles. The minimum absolute atomic E-state index is 0.768. The van der Waals surface area contributed by atoms with Crippen LogP contribution in [-0.2, 0) is 6.54 Å². The second-order valence-corrected chi connectivity index (χ2v) is 5.05. The molecule has 0 aliphatic heterocycles. The molecule has 19 heavy (non-hydrogen) atoms. The zero-order valence-corrected chi connectivity index (χ0v) is 11.1. The van der Waals surface area contributed by atoms with Crippen molar-refractivity contribution < 1.29 is 0 Å². The Balaban J connectivity index is 1.82. The molecule has 96 valence electrons. The maximum Gasteiger partial charge on any atom is 0.143 e. The molecule has 0 radical (unpaired) electrons.